The second-order valence-corrected chi connectivity index (χ2v) is 3.52. The summed E-state index contributed by atoms with van der Waals surface area (Å²) in [5.41, 5.74) is 2.08. The van der Waals surface area contributed by atoms with Crippen molar-refractivity contribution >= 4 is 6.03 Å². The van der Waals surface area contributed by atoms with Gasteiger partial charge in [-0.15, -0.1) is 0 Å². The molecule has 0 aliphatic heterocycles. The summed E-state index contributed by atoms with van der Waals surface area (Å²) in [5.74, 6) is 0.653. The largest absolute Gasteiger partial charge is 0.341 e. The fourth-order valence-electron chi connectivity index (χ4n) is 1.32. The van der Waals surface area contributed by atoms with Gasteiger partial charge >= 0.3 is 6.03 Å². The number of nitrogens with zero attached hydrogens (tertiary/aromatic N) is 1. The van der Waals surface area contributed by atoms with Crippen molar-refractivity contribution in [3.63, 3.8) is 0 Å². The van der Waals surface area contributed by atoms with E-state index in [1.54, 1.807) is 7.05 Å². The Kier molecular flexibility index (Phi) is 2.39. The molecule has 0 unspecified atom stereocenters. The van der Waals surface area contributed by atoms with Crippen molar-refractivity contribution in [3.05, 3.63) is 17.5 Å². The Hall–Kier alpha value is -1.52. The molecule has 14 heavy (non-hydrogen) atoms. The van der Waals surface area contributed by atoms with Crippen LogP contribution in [0.2, 0.25) is 0 Å². The van der Waals surface area contributed by atoms with E-state index in [4.69, 9.17) is 0 Å². The van der Waals surface area contributed by atoms with Gasteiger partial charge in [0, 0.05) is 13.0 Å². The summed E-state index contributed by atoms with van der Waals surface area (Å²) in [4.78, 5) is 10.9. The molecule has 2 amide bonds. The number of rotatable bonds is 3. The standard InChI is InChI=1S/C9H14N4O/c1-10-9(14)11-5-7-4-8(13-12-7)6-2-3-6/h4,6H,2-3,5H2,1H3,(H,12,13)(H2,10,11,14). The highest BCUT2D eigenvalue weighted by Gasteiger charge is 2.25. The first-order valence-corrected chi connectivity index (χ1v) is 4.79. The maximum absolute atomic E-state index is 10.9. The van der Waals surface area contributed by atoms with Crippen molar-refractivity contribution in [3.8, 4) is 0 Å². The van der Waals surface area contributed by atoms with Crippen LogP contribution in [0, 0.1) is 0 Å². The van der Waals surface area contributed by atoms with Crippen molar-refractivity contribution in [1.82, 2.24) is 20.8 Å². The Labute approximate surface area is 82.3 Å². The van der Waals surface area contributed by atoms with Crippen LogP contribution < -0.4 is 10.6 Å². The van der Waals surface area contributed by atoms with Crippen LogP contribution in [0.1, 0.15) is 30.1 Å². The fraction of sp³-hybridized carbons (Fsp3) is 0.556. The molecular weight excluding hydrogens is 180 g/mol. The van der Waals surface area contributed by atoms with Gasteiger partial charge in [-0.25, -0.2) is 4.79 Å². The Morgan fingerprint density at radius 2 is 2.50 bits per heavy atom. The van der Waals surface area contributed by atoms with Gasteiger partial charge < -0.3 is 10.6 Å². The van der Waals surface area contributed by atoms with Gasteiger partial charge in [0.05, 0.1) is 17.9 Å². The Balaban J connectivity index is 1.86. The molecule has 5 heteroatoms. The van der Waals surface area contributed by atoms with Crippen LogP contribution in [0.25, 0.3) is 0 Å². The number of H-pyrrole nitrogens is 1. The predicted molar refractivity (Wildman–Crippen MR) is 51.9 cm³/mol. The molecule has 0 aromatic carbocycles. The summed E-state index contributed by atoms with van der Waals surface area (Å²) in [6, 6.07) is 1.85. The first-order valence-electron chi connectivity index (χ1n) is 4.79. The lowest BCUT2D eigenvalue weighted by Crippen LogP contribution is -2.32. The minimum atomic E-state index is -0.174. The molecule has 1 aliphatic rings. The topological polar surface area (TPSA) is 69.8 Å². The predicted octanol–water partition coefficient (Wildman–Crippen LogP) is 0.716. The monoisotopic (exact) mass is 194 g/mol. The van der Waals surface area contributed by atoms with Crippen molar-refractivity contribution < 1.29 is 4.79 Å². The smallest absolute Gasteiger partial charge is 0.314 e. The fourth-order valence-corrected chi connectivity index (χ4v) is 1.32. The van der Waals surface area contributed by atoms with Gasteiger partial charge in [-0.2, -0.15) is 5.10 Å². The molecular formula is C9H14N4O. The van der Waals surface area contributed by atoms with Crippen molar-refractivity contribution in [2.75, 3.05) is 7.05 Å². The highest BCUT2D eigenvalue weighted by Crippen LogP contribution is 2.38. The van der Waals surface area contributed by atoms with E-state index < -0.39 is 0 Å². The number of carbonyl (C=O) groups excluding carboxylic acids is 1. The highest BCUT2D eigenvalue weighted by atomic mass is 16.2. The van der Waals surface area contributed by atoms with Crippen molar-refractivity contribution in [2.24, 2.45) is 0 Å². The summed E-state index contributed by atoms with van der Waals surface area (Å²) in [7, 11) is 1.60. The third-order valence-corrected chi connectivity index (χ3v) is 2.31. The molecule has 0 atom stereocenters. The number of carbonyl (C=O) groups is 1. The molecule has 76 valence electrons. The molecule has 1 heterocycles. The van der Waals surface area contributed by atoms with E-state index in [0.29, 0.717) is 12.5 Å². The second-order valence-electron chi connectivity index (χ2n) is 3.52. The first kappa shape index (κ1) is 9.05. The zero-order valence-electron chi connectivity index (χ0n) is 8.13. The number of nitrogens with one attached hydrogen (secondary N) is 3. The number of aromatic amines is 1. The zero-order valence-corrected chi connectivity index (χ0v) is 8.13. The van der Waals surface area contributed by atoms with Gasteiger partial charge in [0.1, 0.15) is 0 Å². The average Bonchev–Trinajstić information content (AvgIpc) is 2.95. The maximum Gasteiger partial charge on any atom is 0.314 e. The minimum absolute atomic E-state index is 0.174. The summed E-state index contributed by atoms with van der Waals surface area (Å²) in [6.45, 7) is 0.499. The van der Waals surface area contributed by atoms with Crippen LogP contribution in [-0.2, 0) is 6.54 Å². The van der Waals surface area contributed by atoms with Crippen LogP contribution in [0.15, 0.2) is 6.07 Å². The van der Waals surface area contributed by atoms with E-state index in [1.807, 2.05) is 6.07 Å². The molecule has 5 nitrogen and oxygen atoms in total. The van der Waals surface area contributed by atoms with Crippen molar-refractivity contribution in [2.45, 2.75) is 25.3 Å². The maximum atomic E-state index is 10.9. The van der Waals surface area contributed by atoms with Crippen LogP contribution in [0.5, 0.6) is 0 Å². The molecule has 3 N–H and O–H groups in total. The van der Waals surface area contributed by atoms with Gasteiger partial charge in [-0.1, -0.05) is 0 Å². The molecule has 0 spiro atoms. The quantitative estimate of drug-likeness (QED) is 0.663. The van der Waals surface area contributed by atoms with E-state index >= 15 is 0 Å². The third kappa shape index (κ3) is 2.04. The summed E-state index contributed by atoms with van der Waals surface area (Å²) < 4.78 is 0. The lowest BCUT2D eigenvalue weighted by atomic mass is 10.3. The molecule has 1 saturated carbocycles. The SMILES string of the molecule is CNC(=O)NCc1cc(C2CC2)n[nH]1. The summed E-state index contributed by atoms with van der Waals surface area (Å²) in [6.07, 6.45) is 2.49. The van der Waals surface area contributed by atoms with E-state index in [0.717, 1.165) is 11.4 Å². The zero-order chi connectivity index (χ0) is 9.97. The Morgan fingerprint density at radius 1 is 1.71 bits per heavy atom. The van der Waals surface area contributed by atoms with Crippen LogP contribution >= 0.6 is 0 Å². The van der Waals surface area contributed by atoms with E-state index in [2.05, 4.69) is 20.8 Å². The van der Waals surface area contributed by atoms with Crippen molar-refractivity contribution in [1.29, 1.82) is 0 Å². The average molecular weight is 194 g/mol. The van der Waals surface area contributed by atoms with Gasteiger partial charge in [0.2, 0.25) is 0 Å². The summed E-state index contributed by atoms with van der Waals surface area (Å²) in [5, 5.41) is 12.3. The second kappa shape index (κ2) is 3.69. The van der Waals surface area contributed by atoms with Gasteiger partial charge in [0.15, 0.2) is 0 Å². The minimum Gasteiger partial charge on any atom is -0.341 e. The molecule has 1 aromatic heterocycles. The lowest BCUT2D eigenvalue weighted by molar-refractivity contribution is 0.242. The number of aromatic nitrogens is 2. The molecule has 1 fully saturated rings. The third-order valence-electron chi connectivity index (χ3n) is 2.31. The van der Waals surface area contributed by atoms with E-state index in [-0.39, 0.29) is 6.03 Å². The van der Waals surface area contributed by atoms with Crippen LogP contribution in [0.4, 0.5) is 4.79 Å². The van der Waals surface area contributed by atoms with Gasteiger partial charge in [0.25, 0.3) is 0 Å². The first-order chi connectivity index (χ1) is 6.79. The molecule has 1 aromatic rings. The summed E-state index contributed by atoms with van der Waals surface area (Å²) >= 11 is 0. The normalized spacial score (nSPS) is 15.2. The molecule has 2 rings (SSSR count). The number of hydrogen-bond acceptors (Lipinski definition) is 2. The molecule has 0 radical (unpaired) electrons. The van der Waals surface area contributed by atoms with Crippen LogP contribution in [-0.4, -0.2) is 23.3 Å². The van der Waals surface area contributed by atoms with Gasteiger partial charge in [-0.3, -0.25) is 5.10 Å². The van der Waals surface area contributed by atoms with E-state index in [1.165, 1.54) is 12.8 Å². The Bertz CT molecular complexity index is 329. The number of urea groups is 1. The van der Waals surface area contributed by atoms with Crippen LogP contribution in [0.3, 0.4) is 0 Å². The highest BCUT2D eigenvalue weighted by molar-refractivity contribution is 5.73. The lowest BCUT2D eigenvalue weighted by Gasteiger charge is -2.00. The molecule has 0 bridgehead atoms. The van der Waals surface area contributed by atoms with Gasteiger partial charge in [-0.05, 0) is 18.9 Å². The molecule has 0 saturated heterocycles. The Morgan fingerprint density at radius 3 is 3.14 bits per heavy atom. The molecule has 1 aliphatic carbocycles. The van der Waals surface area contributed by atoms with E-state index in [9.17, 15) is 4.79 Å². The number of hydrogen-bond donors (Lipinski definition) is 3. The number of amides is 2.